The van der Waals surface area contributed by atoms with Gasteiger partial charge in [0, 0.05) is 51.4 Å². The summed E-state index contributed by atoms with van der Waals surface area (Å²) < 4.78 is 45.1. The summed E-state index contributed by atoms with van der Waals surface area (Å²) in [5.74, 6) is 0.677. The first-order valence-electron chi connectivity index (χ1n) is 12.0. The zero-order valence-electron chi connectivity index (χ0n) is 21.7. The molecule has 9 heteroatoms. The number of fused-ring (bicyclic) bond motifs is 1. The number of carbonyl (C=O) groups excluding carboxylic acids is 1. The van der Waals surface area contributed by atoms with Crippen LogP contribution in [-0.4, -0.2) is 79.1 Å². The summed E-state index contributed by atoms with van der Waals surface area (Å²) in [5, 5.41) is 0. The standard InChI is InChI=1S/C28H31NO6S.K/c1-4-14-33-23-7-5-6-20(15-23)16-25(22-10-13-26-27(17-22)35-18-34-26)28(30)29-36(31,32)24-11-8-21(9-12-24)19(2)3;/h5-13,15,17,19,25H,4,14,16,18H2,1-3H3,(H,29,30);. The van der Waals surface area contributed by atoms with Crippen LogP contribution in [-0.2, 0) is 21.2 Å². The second-order valence-electron chi connectivity index (χ2n) is 9.06. The first-order valence-corrected chi connectivity index (χ1v) is 13.5. The predicted molar refractivity (Wildman–Crippen MR) is 143 cm³/mol. The fourth-order valence-electron chi connectivity index (χ4n) is 4.00. The molecular weight excluding hydrogens is 517 g/mol. The molecule has 1 radical (unpaired) electrons. The van der Waals surface area contributed by atoms with Gasteiger partial charge in [-0.1, -0.05) is 51.1 Å². The quantitative estimate of drug-likeness (QED) is 0.367. The van der Waals surface area contributed by atoms with Crippen molar-refractivity contribution in [1.82, 2.24) is 4.72 Å². The van der Waals surface area contributed by atoms with Crippen molar-refractivity contribution in [2.75, 3.05) is 13.4 Å². The van der Waals surface area contributed by atoms with E-state index >= 15 is 0 Å². The van der Waals surface area contributed by atoms with Crippen LogP contribution in [0.1, 0.15) is 55.7 Å². The van der Waals surface area contributed by atoms with Gasteiger partial charge in [-0.15, -0.1) is 0 Å². The summed E-state index contributed by atoms with van der Waals surface area (Å²) in [5.41, 5.74) is 2.49. The van der Waals surface area contributed by atoms with Crippen LogP contribution in [0.4, 0.5) is 0 Å². The van der Waals surface area contributed by atoms with Crippen LogP contribution in [0.15, 0.2) is 71.6 Å². The van der Waals surface area contributed by atoms with Gasteiger partial charge in [0.05, 0.1) is 17.4 Å². The average Bonchev–Trinajstić information content (AvgIpc) is 3.34. The SMILES string of the molecule is CCCOc1cccc(CC(C(=O)NS(=O)(=O)c2ccc(C(C)C)cc2)c2ccc3c(c2)OCO3)c1.[K]. The van der Waals surface area contributed by atoms with E-state index in [4.69, 9.17) is 14.2 Å². The number of carbonyl (C=O) groups is 1. The molecule has 4 rings (SSSR count). The van der Waals surface area contributed by atoms with Crippen LogP contribution in [0.5, 0.6) is 17.2 Å². The van der Waals surface area contributed by atoms with Crippen molar-refractivity contribution < 1.29 is 27.4 Å². The van der Waals surface area contributed by atoms with Gasteiger partial charge in [-0.3, -0.25) is 4.79 Å². The minimum absolute atomic E-state index is 0. The van der Waals surface area contributed by atoms with Crippen molar-refractivity contribution in [2.45, 2.75) is 50.3 Å². The van der Waals surface area contributed by atoms with Crippen molar-refractivity contribution in [3.05, 3.63) is 83.4 Å². The van der Waals surface area contributed by atoms with E-state index < -0.39 is 21.8 Å². The van der Waals surface area contributed by atoms with E-state index in [1.54, 1.807) is 30.3 Å². The Morgan fingerprint density at radius 2 is 1.68 bits per heavy atom. The summed E-state index contributed by atoms with van der Waals surface area (Å²) in [7, 11) is -4.06. The van der Waals surface area contributed by atoms with E-state index in [0.717, 1.165) is 17.5 Å². The summed E-state index contributed by atoms with van der Waals surface area (Å²) in [4.78, 5) is 13.5. The molecule has 1 heterocycles. The number of hydrogen-bond acceptors (Lipinski definition) is 6. The average molecular weight is 549 g/mol. The van der Waals surface area contributed by atoms with E-state index in [1.165, 1.54) is 12.1 Å². The van der Waals surface area contributed by atoms with Gasteiger partial charge in [-0.05, 0) is 71.8 Å². The van der Waals surface area contributed by atoms with E-state index in [-0.39, 0.29) is 75.4 Å². The maximum Gasteiger partial charge on any atom is 0.264 e. The maximum absolute atomic E-state index is 13.5. The Labute approximate surface area is 261 Å². The second-order valence-corrected chi connectivity index (χ2v) is 10.7. The van der Waals surface area contributed by atoms with E-state index in [2.05, 4.69) is 4.72 Å². The number of amides is 1. The summed E-state index contributed by atoms with van der Waals surface area (Å²) in [6.45, 7) is 6.78. The van der Waals surface area contributed by atoms with E-state index in [9.17, 15) is 13.2 Å². The van der Waals surface area contributed by atoms with Crippen molar-refractivity contribution >= 4 is 67.3 Å². The molecule has 1 amide bonds. The Bertz CT molecular complexity index is 1320. The van der Waals surface area contributed by atoms with Crippen LogP contribution >= 0.6 is 0 Å². The first-order chi connectivity index (χ1) is 17.3. The topological polar surface area (TPSA) is 90.9 Å². The smallest absolute Gasteiger partial charge is 0.264 e. The number of benzene rings is 3. The molecule has 191 valence electrons. The fraction of sp³-hybridized carbons (Fsp3) is 0.321. The molecule has 37 heavy (non-hydrogen) atoms. The van der Waals surface area contributed by atoms with Gasteiger partial charge in [0.25, 0.3) is 10.0 Å². The summed E-state index contributed by atoms with van der Waals surface area (Å²) >= 11 is 0. The van der Waals surface area contributed by atoms with Crippen LogP contribution in [0.25, 0.3) is 0 Å². The molecule has 0 saturated carbocycles. The van der Waals surface area contributed by atoms with Gasteiger partial charge < -0.3 is 14.2 Å². The van der Waals surface area contributed by atoms with Crippen molar-refractivity contribution in [3.63, 3.8) is 0 Å². The molecule has 3 aromatic carbocycles. The Morgan fingerprint density at radius 3 is 2.38 bits per heavy atom. The monoisotopic (exact) mass is 548 g/mol. The molecule has 0 saturated heterocycles. The summed E-state index contributed by atoms with van der Waals surface area (Å²) in [6.07, 6.45) is 1.15. The van der Waals surface area contributed by atoms with Crippen molar-refractivity contribution in [1.29, 1.82) is 0 Å². The van der Waals surface area contributed by atoms with Gasteiger partial charge in [0.1, 0.15) is 5.75 Å². The molecule has 7 nitrogen and oxygen atoms in total. The number of ether oxygens (including phenoxy) is 3. The van der Waals surface area contributed by atoms with E-state index in [1.807, 2.05) is 45.0 Å². The Hall–Kier alpha value is -1.88. The normalized spacial score (nSPS) is 13.1. The first kappa shape index (κ1) is 29.7. The molecule has 0 aliphatic carbocycles. The molecule has 1 unspecified atom stereocenters. The Balaban J connectivity index is 0.00000380. The van der Waals surface area contributed by atoms with Crippen LogP contribution < -0.4 is 18.9 Å². The zero-order chi connectivity index (χ0) is 25.7. The molecule has 3 aromatic rings. The molecule has 1 N–H and O–H groups in total. The minimum atomic E-state index is -4.06. The van der Waals surface area contributed by atoms with Gasteiger partial charge in [0.15, 0.2) is 11.5 Å². The summed E-state index contributed by atoms with van der Waals surface area (Å²) in [6, 6.07) is 19.3. The fourth-order valence-corrected chi connectivity index (χ4v) is 5.02. The number of nitrogens with one attached hydrogen (secondary N) is 1. The largest absolute Gasteiger partial charge is 0.494 e. The molecule has 1 atom stereocenters. The molecule has 0 spiro atoms. The Kier molecular flexibility index (Phi) is 10.6. The van der Waals surface area contributed by atoms with Crippen molar-refractivity contribution in [2.24, 2.45) is 0 Å². The zero-order valence-corrected chi connectivity index (χ0v) is 25.6. The van der Waals surface area contributed by atoms with Crippen molar-refractivity contribution in [3.8, 4) is 17.2 Å². The molecule has 0 fully saturated rings. The van der Waals surface area contributed by atoms with Gasteiger partial charge >= 0.3 is 0 Å². The Morgan fingerprint density at radius 1 is 0.973 bits per heavy atom. The molecule has 1 aliphatic rings. The number of rotatable bonds is 10. The van der Waals surface area contributed by atoms with Crippen LogP contribution in [0.2, 0.25) is 0 Å². The predicted octanol–water partition coefficient (Wildman–Crippen LogP) is 4.78. The minimum Gasteiger partial charge on any atom is -0.494 e. The third-order valence-electron chi connectivity index (χ3n) is 6.02. The molecular formula is C28H31KNO6S. The van der Waals surface area contributed by atoms with Gasteiger partial charge in [-0.25, -0.2) is 13.1 Å². The third kappa shape index (κ3) is 7.58. The third-order valence-corrected chi connectivity index (χ3v) is 7.38. The van der Waals surface area contributed by atoms with Crippen LogP contribution in [0, 0.1) is 0 Å². The van der Waals surface area contributed by atoms with Gasteiger partial charge in [-0.2, -0.15) is 0 Å². The molecule has 0 aromatic heterocycles. The maximum atomic E-state index is 13.5. The second kappa shape index (κ2) is 13.3. The number of sulfonamides is 1. The van der Waals surface area contributed by atoms with Crippen LogP contribution in [0.3, 0.4) is 0 Å². The van der Waals surface area contributed by atoms with E-state index in [0.29, 0.717) is 29.4 Å². The number of hydrogen-bond donors (Lipinski definition) is 1. The molecule has 0 bridgehead atoms. The van der Waals surface area contributed by atoms with Gasteiger partial charge in [0.2, 0.25) is 12.7 Å². The molecule has 1 aliphatic heterocycles.